The summed E-state index contributed by atoms with van der Waals surface area (Å²) in [6.07, 6.45) is 2.82. The Kier molecular flexibility index (Phi) is 6.24. The second-order valence-electron chi connectivity index (χ2n) is 7.02. The number of rotatable bonds is 7. The van der Waals surface area contributed by atoms with E-state index in [9.17, 15) is 12.8 Å². The van der Waals surface area contributed by atoms with Crippen molar-refractivity contribution in [2.45, 2.75) is 10.9 Å². The zero-order chi connectivity index (χ0) is 21.0. The van der Waals surface area contributed by atoms with Crippen LogP contribution in [-0.2, 0) is 14.8 Å². The van der Waals surface area contributed by atoms with Gasteiger partial charge in [-0.1, -0.05) is 30.3 Å². The number of halogens is 1. The molecule has 2 aromatic carbocycles. The van der Waals surface area contributed by atoms with Gasteiger partial charge in [-0.15, -0.1) is 0 Å². The van der Waals surface area contributed by atoms with Gasteiger partial charge in [0.25, 0.3) is 0 Å². The van der Waals surface area contributed by atoms with E-state index in [0.717, 1.165) is 11.3 Å². The highest BCUT2D eigenvalue weighted by molar-refractivity contribution is 7.89. The first-order valence-corrected chi connectivity index (χ1v) is 11.2. The maximum Gasteiger partial charge on any atom is 0.243 e. The molecule has 1 saturated heterocycles. The number of ether oxygens (including phenoxy) is 1. The van der Waals surface area contributed by atoms with Crippen molar-refractivity contribution in [1.82, 2.24) is 19.4 Å². The zero-order valence-corrected chi connectivity index (χ0v) is 17.1. The van der Waals surface area contributed by atoms with Crippen molar-refractivity contribution in [2.24, 2.45) is 0 Å². The van der Waals surface area contributed by atoms with Crippen LogP contribution in [0, 0.1) is 5.82 Å². The van der Waals surface area contributed by atoms with Gasteiger partial charge >= 0.3 is 0 Å². The third-order valence-corrected chi connectivity index (χ3v) is 6.48. The number of para-hydroxylation sites is 1. The molecule has 1 fully saturated rings. The van der Waals surface area contributed by atoms with Crippen LogP contribution in [0.3, 0.4) is 0 Å². The van der Waals surface area contributed by atoms with Gasteiger partial charge in [0.15, 0.2) is 0 Å². The topological polar surface area (TPSA) is 76.5 Å². The number of morpholine rings is 1. The van der Waals surface area contributed by atoms with Gasteiger partial charge in [-0.3, -0.25) is 4.90 Å². The molecule has 0 unspecified atom stereocenters. The second kappa shape index (κ2) is 9.05. The van der Waals surface area contributed by atoms with Gasteiger partial charge in [0.05, 0.1) is 31.3 Å². The Morgan fingerprint density at radius 2 is 1.77 bits per heavy atom. The molecule has 0 saturated carbocycles. The van der Waals surface area contributed by atoms with E-state index in [1.165, 1.54) is 29.2 Å². The minimum absolute atomic E-state index is 0.0891. The lowest BCUT2D eigenvalue weighted by molar-refractivity contribution is 0.0172. The van der Waals surface area contributed by atoms with Gasteiger partial charge in [0, 0.05) is 25.7 Å². The fourth-order valence-electron chi connectivity index (χ4n) is 3.47. The van der Waals surface area contributed by atoms with Crippen LogP contribution in [0.2, 0.25) is 0 Å². The first-order valence-electron chi connectivity index (χ1n) is 9.70. The Balaban J connectivity index is 1.52. The Morgan fingerprint density at radius 3 is 2.47 bits per heavy atom. The number of hydrogen-bond acceptors (Lipinski definition) is 5. The van der Waals surface area contributed by atoms with Crippen LogP contribution in [0.4, 0.5) is 4.39 Å². The third kappa shape index (κ3) is 4.76. The first-order chi connectivity index (χ1) is 14.5. The van der Waals surface area contributed by atoms with Gasteiger partial charge < -0.3 is 4.74 Å². The van der Waals surface area contributed by atoms with E-state index in [4.69, 9.17) is 4.74 Å². The number of nitrogens with one attached hydrogen (secondary N) is 1. The minimum Gasteiger partial charge on any atom is -0.379 e. The number of hydrogen-bond donors (Lipinski definition) is 1. The van der Waals surface area contributed by atoms with E-state index in [1.807, 2.05) is 30.3 Å². The monoisotopic (exact) mass is 430 g/mol. The summed E-state index contributed by atoms with van der Waals surface area (Å²) in [6.45, 7) is 2.67. The zero-order valence-electron chi connectivity index (χ0n) is 16.3. The van der Waals surface area contributed by atoms with E-state index < -0.39 is 10.0 Å². The minimum atomic E-state index is -3.76. The Labute approximate surface area is 175 Å². The van der Waals surface area contributed by atoms with Crippen LogP contribution in [0.25, 0.3) is 5.69 Å². The molecule has 4 rings (SSSR count). The van der Waals surface area contributed by atoms with Crippen molar-refractivity contribution in [3.63, 3.8) is 0 Å². The molecule has 0 aliphatic carbocycles. The molecule has 158 valence electrons. The highest BCUT2D eigenvalue weighted by atomic mass is 32.2. The van der Waals surface area contributed by atoms with Crippen molar-refractivity contribution in [3.05, 3.63) is 78.4 Å². The smallest absolute Gasteiger partial charge is 0.243 e. The number of aromatic nitrogens is 2. The average molecular weight is 431 g/mol. The average Bonchev–Trinajstić information content (AvgIpc) is 3.28. The molecule has 0 amide bonds. The largest absolute Gasteiger partial charge is 0.379 e. The summed E-state index contributed by atoms with van der Waals surface area (Å²) in [5, 5.41) is 4.17. The number of nitrogens with zero attached hydrogens (tertiary/aromatic N) is 3. The summed E-state index contributed by atoms with van der Waals surface area (Å²) in [6, 6.07) is 15.2. The van der Waals surface area contributed by atoms with Crippen molar-refractivity contribution in [1.29, 1.82) is 0 Å². The lowest BCUT2D eigenvalue weighted by Gasteiger charge is -2.34. The van der Waals surface area contributed by atoms with E-state index in [2.05, 4.69) is 14.7 Å². The Bertz CT molecular complexity index is 1070. The molecule has 0 spiro atoms. The molecule has 1 atom stereocenters. The lowest BCUT2D eigenvalue weighted by atomic mass is 10.0. The van der Waals surface area contributed by atoms with Gasteiger partial charge in [-0.05, 0) is 29.8 Å². The molecule has 0 bridgehead atoms. The molecular formula is C21H23FN4O3S. The van der Waals surface area contributed by atoms with Crippen molar-refractivity contribution < 1.29 is 17.5 Å². The molecule has 0 radical (unpaired) electrons. The van der Waals surface area contributed by atoms with Gasteiger partial charge in [0.2, 0.25) is 10.0 Å². The van der Waals surface area contributed by atoms with Crippen LogP contribution in [0.1, 0.15) is 11.6 Å². The Hall–Kier alpha value is -2.59. The normalized spacial score (nSPS) is 16.4. The van der Waals surface area contributed by atoms with Crippen molar-refractivity contribution in [2.75, 3.05) is 32.8 Å². The van der Waals surface area contributed by atoms with E-state index in [0.29, 0.717) is 26.3 Å². The summed E-state index contributed by atoms with van der Waals surface area (Å²) >= 11 is 0. The fraction of sp³-hybridized carbons (Fsp3) is 0.286. The molecule has 1 aromatic heterocycles. The maximum atomic E-state index is 13.4. The molecule has 1 aliphatic rings. The van der Waals surface area contributed by atoms with Gasteiger partial charge in [0.1, 0.15) is 10.7 Å². The van der Waals surface area contributed by atoms with Crippen LogP contribution >= 0.6 is 0 Å². The number of sulfonamides is 1. The van der Waals surface area contributed by atoms with E-state index >= 15 is 0 Å². The summed E-state index contributed by atoms with van der Waals surface area (Å²) in [5.74, 6) is -0.326. The molecule has 2 heterocycles. The summed E-state index contributed by atoms with van der Waals surface area (Å²) in [4.78, 5) is 2.23. The van der Waals surface area contributed by atoms with Gasteiger partial charge in [-0.25, -0.2) is 22.2 Å². The molecule has 7 nitrogen and oxygen atoms in total. The SMILES string of the molecule is O=S(=O)(NC[C@@H](c1ccc(F)cc1)N1CCOCC1)c1cnn(-c2ccccc2)c1. The van der Waals surface area contributed by atoms with Crippen LogP contribution in [0.15, 0.2) is 71.9 Å². The van der Waals surface area contributed by atoms with Crippen LogP contribution in [-0.4, -0.2) is 55.9 Å². The summed E-state index contributed by atoms with van der Waals surface area (Å²) < 4.78 is 48.8. The summed E-state index contributed by atoms with van der Waals surface area (Å²) in [7, 11) is -3.76. The standard InChI is InChI=1S/C21H23FN4O3S/c22-18-8-6-17(7-9-18)21(25-10-12-29-13-11-25)15-24-30(27,28)20-14-23-26(16-20)19-4-2-1-3-5-19/h1-9,14,16,21,24H,10-13,15H2/t21-/m0/s1. The highest BCUT2D eigenvalue weighted by Gasteiger charge is 2.25. The molecule has 1 aliphatic heterocycles. The Morgan fingerprint density at radius 1 is 1.07 bits per heavy atom. The van der Waals surface area contributed by atoms with E-state index in [1.54, 1.807) is 12.1 Å². The molecule has 9 heteroatoms. The third-order valence-electron chi connectivity index (χ3n) is 5.10. The molecular weight excluding hydrogens is 407 g/mol. The van der Waals surface area contributed by atoms with Crippen LogP contribution in [0.5, 0.6) is 0 Å². The predicted octanol–water partition coefficient (Wildman–Crippen LogP) is 2.36. The first kappa shape index (κ1) is 20.7. The molecule has 3 aromatic rings. The fourth-order valence-corrected chi connectivity index (χ4v) is 4.44. The van der Waals surface area contributed by atoms with E-state index in [-0.39, 0.29) is 23.3 Å². The van der Waals surface area contributed by atoms with Crippen molar-refractivity contribution in [3.8, 4) is 5.69 Å². The predicted molar refractivity (Wildman–Crippen MR) is 110 cm³/mol. The maximum absolute atomic E-state index is 13.4. The second-order valence-corrected chi connectivity index (χ2v) is 8.79. The summed E-state index contributed by atoms with van der Waals surface area (Å²) in [5.41, 5.74) is 1.62. The quantitative estimate of drug-likeness (QED) is 0.623. The molecule has 30 heavy (non-hydrogen) atoms. The van der Waals surface area contributed by atoms with Gasteiger partial charge in [-0.2, -0.15) is 5.10 Å². The number of benzene rings is 2. The molecule has 1 N–H and O–H groups in total. The van der Waals surface area contributed by atoms with Crippen molar-refractivity contribution >= 4 is 10.0 Å². The highest BCUT2D eigenvalue weighted by Crippen LogP contribution is 2.22. The van der Waals surface area contributed by atoms with Crippen LogP contribution < -0.4 is 4.72 Å². The lowest BCUT2D eigenvalue weighted by Crippen LogP contribution is -2.43.